The maximum absolute atomic E-state index is 4.18. The molecular weight excluding hydrogens is 226 g/mol. The molecule has 0 bridgehead atoms. The minimum absolute atomic E-state index is 0.485. The van der Waals surface area contributed by atoms with Crippen molar-refractivity contribution in [2.45, 2.75) is 26.4 Å². The third-order valence-corrected chi connectivity index (χ3v) is 3.82. The summed E-state index contributed by atoms with van der Waals surface area (Å²) in [5.74, 6) is 0. The van der Waals surface area contributed by atoms with Gasteiger partial charge < -0.3 is 5.32 Å². The van der Waals surface area contributed by atoms with Crippen LogP contribution in [-0.4, -0.2) is 16.2 Å². The molecule has 15 heavy (non-hydrogen) atoms. The van der Waals surface area contributed by atoms with Crippen LogP contribution in [0.3, 0.4) is 0 Å². The van der Waals surface area contributed by atoms with Crippen molar-refractivity contribution in [2.24, 2.45) is 0 Å². The van der Waals surface area contributed by atoms with Crippen LogP contribution in [0.15, 0.2) is 17.5 Å². The van der Waals surface area contributed by atoms with Crippen LogP contribution in [0.1, 0.15) is 18.9 Å². The number of rotatable bonds is 4. The van der Waals surface area contributed by atoms with Gasteiger partial charge in [0.1, 0.15) is 5.01 Å². The smallest absolute Gasteiger partial charge is 0.157 e. The Morgan fingerprint density at radius 3 is 2.93 bits per heavy atom. The van der Waals surface area contributed by atoms with Crippen molar-refractivity contribution in [3.63, 3.8) is 0 Å². The van der Waals surface area contributed by atoms with Crippen molar-refractivity contribution in [1.29, 1.82) is 0 Å². The minimum atomic E-state index is 0.485. The van der Waals surface area contributed by atoms with Crippen molar-refractivity contribution in [3.05, 3.63) is 22.5 Å². The quantitative estimate of drug-likeness (QED) is 0.891. The second kappa shape index (κ2) is 4.83. The lowest BCUT2D eigenvalue weighted by atomic mass is 10.4. The molecule has 0 amide bonds. The molecule has 0 spiro atoms. The highest BCUT2D eigenvalue weighted by atomic mass is 32.1. The van der Waals surface area contributed by atoms with Crippen molar-refractivity contribution in [3.8, 4) is 9.88 Å². The van der Waals surface area contributed by atoms with Gasteiger partial charge in [0.2, 0.25) is 0 Å². The second-order valence-corrected chi connectivity index (χ2v) is 5.52. The Morgan fingerprint density at radius 1 is 1.40 bits per heavy atom. The van der Waals surface area contributed by atoms with Crippen LogP contribution in [0.2, 0.25) is 0 Å². The molecule has 5 heteroatoms. The molecule has 0 aliphatic heterocycles. The van der Waals surface area contributed by atoms with Gasteiger partial charge in [-0.05, 0) is 11.4 Å². The van der Waals surface area contributed by atoms with Gasteiger partial charge in [-0.1, -0.05) is 31.3 Å². The van der Waals surface area contributed by atoms with Gasteiger partial charge in [-0.3, -0.25) is 0 Å². The van der Waals surface area contributed by atoms with Gasteiger partial charge in [0, 0.05) is 12.6 Å². The summed E-state index contributed by atoms with van der Waals surface area (Å²) >= 11 is 3.36. The topological polar surface area (TPSA) is 37.8 Å². The minimum Gasteiger partial charge on any atom is -0.308 e. The third kappa shape index (κ3) is 2.84. The number of hydrogen-bond acceptors (Lipinski definition) is 5. The van der Waals surface area contributed by atoms with Crippen molar-refractivity contribution < 1.29 is 0 Å². The van der Waals surface area contributed by atoms with Crippen LogP contribution in [0.4, 0.5) is 0 Å². The van der Waals surface area contributed by atoms with E-state index in [-0.39, 0.29) is 0 Å². The third-order valence-electron chi connectivity index (χ3n) is 1.86. The van der Waals surface area contributed by atoms with Crippen LogP contribution < -0.4 is 5.32 Å². The molecule has 0 aromatic carbocycles. The Kier molecular flexibility index (Phi) is 3.45. The number of hydrogen-bond donors (Lipinski definition) is 1. The van der Waals surface area contributed by atoms with E-state index in [1.165, 1.54) is 4.88 Å². The SMILES string of the molecule is CC(C)NCc1nnc(-c2cccs2)s1. The molecule has 2 heterocycles. The van der Waals surface area contributed by atoms with E-state index in [1.807, 2.05) is 6.07 Å². The molecular formula is C10H13N3S2. The van der Waals surface area contributed by atoms with Crippen molar-refractivity contribution in [1.82, 2.24) is 15.5 Å². The van der Waals surface area contributed by atoms with Crippen LogP contribution >= 0.6 is 22.7 Å². The van der Waals surface area contributed by atoms with Gasteiger partial charge in [-0.15, -0.1) is 21.5 Å². The summed E-state index contributed by atoms with van der Waals surface area (Å²) in [6.45, 7) is 5.06. The van der Waals surface area contributed by atoms with E-state index in [4.69, 9.17) is 0 Å². The first kappa shape index (κ1) is 10.7. The first-order valence-corrected chi connectivity index (χ1v) is 6.55. The molecule has 2 aromatic heterocycles. The average Bonchev–Trinajstić information content (AvgIpc) is 2.85. The highest BCUT2D eigenvalue weighted by Gasteiger charge is 2.07. The van der Waals surface area contributed by atoms with E-state index < -0.39 is 0 Å². The van der Waals surface area contributed by atoms with E-state index in [2.05, 4.69) is 40.8 Å². The number of nitrogens with zero attached hydrogens (tertiary/aromatic N) is 2. The Labute approximate surface area is 97.2 Å². The molecule has 0 aliphatic rings. The molecule has 2 aromatic rings. The molecule has 0 unspecified atom stereocenters. The zero-order chi connectivity index (χ0) is 10.7. The average molecular weight is 239 g/mol. The molecule has 80 valence electrons. The zero-order valence-corrected chi connectivity index (χ0v) is 10.4. The van der Waals surface area contributed by atoms with Gasteiger partial charge >= 0.3 is 0 Å². The summed E-state index contributed by atoms with van der Waals surface area (Å²) in [4.78, 5) is 1.20. The fourth-order valence-corrected chi connectivity index (χ4v) is 2.70. The van der Waals surface area contributed by atoms with Gasteiger partial charge in [0.05, 0.1) is 4.88 Å². The summed E-state index contributed by atoms with van der Waals surface area (Å²) in [6, 6.07) is 4.59. The predicted molar refractivity (Wildman–Crippen MR) is 65.2 cm³/mol. The lowest BCUT2D eigenvalue weighted by Crippen LogP contribution is -2.21. The standard InChI is InChI=1S/C10H13N3S2/c1-7(2)11-6-9-12-13-10(15-9)8-4-3-5-14-8/h3-5,7,11H,6H2,1-2H3. The van der Waals surface area contributed by atoms with Crippen LogP contribution in [-0.2, 0) is 6.54 Å². The molecule has 0 fully saturated rings. The molecule has 0 saturated heterocycles. The van der Waals surface area contributed by atoms with Gasteiger partial charge in [-0.25, -0.2) is 0 Å². The Bertz CT molecular complexity index is 406. The van der Waals surface area contributed by atoms with E-state index in [0.717, 1.165) is 16.6 Å². The summed E-state index contributed by atoms with van der Waals surface area (Å²) in [7, 11) is 0. The van der Waals surface area contributed by atoms with Crippen LogP contribution in [0.5, 0.6) is 0 Å². The second-order valence-electron chi connectivity index (χ2n) is 3.51. The highest BCUT2D eigenvalue weighted by Crippen LogP contribution is 2.27. The largest absolute Gasteiger partial charge is 0.308 e. The lowest BCUT2D eigenvalue weighted by Gasteiger charge is -2.03. The molecule has 0 aliphatic carbocycles. The van der Waals surface area contributed by atoms with E-state index >= 15 is 0 Å². The normalized spacial score (nSPS) is 11.1. The maximum Gasteiger partial charge on any atom is 0.157 e. The van der Waals surface area contributed by atoms with Gasteiger partial charge in [0.15, 0.2) is 5.01 Å². The van der Waals surface area contributed by atoms with E-state index in [1.54, 1.807) is 22.7 Å². The first-order chi connectivity index (χ1) is 7.25. The lowest BCUT2D eigenvalue weighted by molar-refractivity contribution is 0.585. The number of thiophene rings is 1. The maximum atomic E-state index is 4.18. The summed E-state index contributed by atoms with van der Waals surface area (Å²) < 4.78 is 0. The number of aromatic nitrogens is 2. The molecule has 0 atom stereocenters. The Morgan fingerprint density at radius 2 is 2.27 bits per heavy atom. The molecule has 0 saturated carbocycles. The zero-order valence-electron chi connectivity index (χ0n) is 8.73. The summed E-state index contributed by atoms with van der Waals surface area (Å²) in [5, 5.41) is 15.8. The monoisotopic (exact) mass is 239 g/mol. The van der Waals surface area contributed by atoms with Crippen molar-refractivity contribution in [2.75, 3.05) is 0 Å². The van der Waals surface area contributed by atoms with Gasteiger partial charge in [0.25, 0.3) is 0 Å². The van der Waals surface area contributed by atoms with Crippen LogP contribution in [0.25, 0.3) is 9.88 Å². The molecule has 3 nitrogen and oxygen atoms in total. The molecule has 0 radical (unpaired) electrons. The van der Waals surface area contributed by atoms with Crippen molar-refractivity contribution >= 4 is 22.7 Å². The highest BCUT2D eigenvalue weighted by molar-refractivity contribution is 7.20. The Balaban J connectivity index is 2.04. The molecule has 1 N–H and O–H groups in total. The Hall–Kier alpha value is -0.780. The number of nitrogens with one attached hydrogen (secondary N) is 1. The summed E-state index contributed by atoms with van der Waals surface area (Å²) in [5.41, 5.74) is 0. The van der Waals surface area contributed by atoms with Crippen LogP contribution in [0, 0.1) is 0 Å². The first-order valence-electron chi connectivity index (χ1n) is 4.85. The fraction of sp³-hybridized carbons (Fsp3) is 0.400. The van der Waals surface area contributed by atoms with E-state index in [9.17, 15) is 0 Å². The fourth-order valence-electron chi connectivity index (χ4n) is 1.12. The van der Waals surface area contributed by atoms with Gasteiger partial charge in [-0.2, -0.15) is 0 Å². The summed E-state index contributed by atoms with van der Waals surface area (Å²) in [6.07, 6.45) is 0. The molecule has 2 rings (SSSR count). The predicted octanol–water partition coefficient (Wildman–Crippen LogP) is 2.76. The van der Waals surface area contributed by atoms with E-state index in [0.29, 0.717) is 6.04 Å².